The van der Waals surface area contributed by atoms with E-state index in [0.29, 0.717) is 19.6 Å². The maximum atomic E-state index is 12.2. The Kier molecular flexibility index (Phi) is 3.85. The smallest absolute Gasteiger partial charge is 0.410 e. The average molecular weight is 268 g/mol. The third-order valence-electron chi connectivity index (χ3n) is 3.89. The van der Waals surface area contributed by atoms with E-state index in [2.05, 4.69) is 5.32 Å². The molecule has 0 aliphatic carbocycles. The third-order valence-corrected chi connectivity index (χ3v) is 3.89. The van der Waals surface area contributed by atoms with E-state index >= 15 is 0 Å². The van der Waals surface area contributed by atoms with Crippen molar-refractivity contribution >= 4 is 11.9 Å². The second kappa shape index (κ2) is 5.12. The number of hydrogen-bond donors (Lipinski definition) is 1. The number of ether oxygens (including phenoxy) is 1. The first-order valence-corrected chi connectivity index (χ1v) is 7.04. The van der Waals surface area contributed by atoms with Crippen LogP contribution in [0.1, 0.15) is 40.0 Å². The molecule has 2 saturated heterocycles. The zero-order chi connectivity index (χ0) is 14.1. The highest BCUT2D eigenvalue weighted by Gasteiger charge is 2.44. The molecule has 108 valence electrons. The van der Waals surface area contributed by atoms with Gasteiger partial charge in [0.2, 0.25) is 0 Å². The topological polar surface area (TPSA) is 58.6 Å². The van der Waals surface area contributed by atoms with Gasteiger partial charge in [0, 0.05) is 18.5 Å². The molecule has 5 heteroatoms. The van der Waals surface area contributed by atoms with Gasteiger partial charge < -0.3 is 15.0 Å². The number of rotatable bonds is 0. The van der Waals surface area contributed by atoms with Crippen LogP contribution in [0, 0.1) is 5.41 Å². The highest BCUT2D eigenvalue weighted by atomic mass is 16.6. The summed E-state index contributed by atoms with van der Waals surface area (Å²) in [7, 11) is 0. The summed E-state index contributed by atoms with van der Waals surface area (Å²) >= 11 is 0. The van der Waals surface area contributed by atoms with Crippen LogP contribution >= 0.6 is 0 Å². The summed E-state index contributed by atoms with van der Waals surface area (Å²) in [5.41, 5.74) is -0.819. The normalized spacial score (nSPS) is 28.6. The van der Waals surface area contributed by atoms with Gasteiger partial charge in [-0.05, 0) is 46.6 Å². The number of amides is 1. The van der Waals surface area contributed by atoms with Gasteiger partial charge in [-0.1, -0.05) is 0 Å². The maximum Gasteiger partial charge on any atom is 0.410 e. The molecule has 0 aromatic carbocycles. The van der Waals surface area contributed by atoms with Crippen LogP contribution in [0.3, 0.4) is 0 Å². The van der Waals surface area contributed by atoms with E-state index in [1.54, 1.807) is 4.90 Å². The number of ketones is 1. The molecule has 1 atom stereocenters. The van der Waals surface area contributed by atoms with Gasteiger partial charge in [-0.15, -0.1) is 0 Å². The monoisotopic (exact) mass is 268 g/mol. The molecule has 1 amide bonds. The molecule has 1 N–H and O–H groups in total. The van der Waals surface area contributed by atoms with Crippen molar-refractivity contribution in [3.63, 3.8) is 0 Å². The lowest BCUT2D eigenvalue weighted by Crippen LogP contribution is -2.56. The van der Waals surface area contributed by atoms with Gasteiger partial charge in [-0.3, -0.25) is 4.79 Å². The molecular formula is C14H24N2O3. The lowest BCUT2D eigenvalue weighted by molar-refractivity contribution is -0.133. The molecule has 2 heterocycles. The standard InChI is InChI=1S/C14H24N2O3/c1-13(2,3)19-12(18)16-8-4-5-14(10-16)6-7-15-9-11(14)17/h15H,4-10H2,1-3H3. The lowest BCUT2D eigenvalue weighted by atomic mass is 9.72. The minimum Gasteiger partial charge on any atom is -0.444 e. The molecule has 1 unspecified atom stereocenters. The number of Topliss-reactive ketones (excluding diaryl/α,β-unsaturated/α-hetero) is 1. The van der Waals surface area contributed by atoms with Gasteiger partial charge >= 0.3 is 6.09 Å². The van der Waals surface area contributed by atoms with E-state index in [0.717, 1.165) is 25.8 Å². The second-order valence-electron chi connectivity index (χ2n) is 6.64. The second-order valence-corrected chi connectivity index (χ2v) is 6.64. The van der Waals surface area contributed by atoms with Crippen molar-refractivity contribution in [2.75, 3.05) is 26.2 Å². The van der Waals surface area contributed by atoms with Gasteiger partial charge in [0.1, 0.15) is 5.60 Å². The molecule has 0 bridgehead atoms. The van der Waals surface area contributed by atoms with Crippen LogP contribution in [0.4, 0.5) is 4.79 Å². The van der Waals surface area contributed by atoms with Crippen molar-refractivity contribution in [3.05, 3.63) is 0 Å². The fourth-order valence-electron chi connectivity index (χ4n) is 2.90. The highest BCUT2D eigenvalue weighted by Crippen LogP contribution is 2.36. The maximum absolute atomic E-state index is 12.2. The molecule has 2 fully saturated rings. The summed E-state index contributed by atoms with van der Waals surface area (Å²) in [6, 6.07) is 0. The molecule has 0 radical (unpaired) electrons. The molecular weight excluding hydrogens is 244 g/mol. The van der Waals surface area contributed by atoms with E-state index in [1.807, 2.05) is 20.8 Å². The first-order chi connectivity index (χ1) is 8.82. The van der Waals surface area contributed by atoms with Crippen molar-refractivity contribution in [3.8, 4) is 0 Å². The molecule has 2 aliphatic heterocycles. The number of hydrogen-bond acceptors (Lipinski definition) is 4. The predicted octanol–water partition coefficient (Wildman–Crippen LogP) is 1.57. The van der Waals surface area contributed by atoms with E-state index in [1.165, 1.54) is 0 Å². The van der Waals surface area contributed by atoms with Crippen LogP contribution in [0.2, 0.25) is 0 Å². The van der Waals surface area contributed by atoms with Crippen LogP contribution in [0.5, 0.6) is 0 Å². The Morgan fingerprint density at radius 3 is 2.74 bits per heavy atom. The largest absolute Gasteiger partial charge is 0.444 e. The van der Waals surface area contributed by atoms with E-state index in [-0.39, 0.29) is 17.3 Å². The van der Waals surface area contributed by atoms with Crippen molar-refractivity contribution in [1.29, 1.82) is 0 Å². The molecule has 0 saturated carbocycles. The molecule has 19 heavy (non-hydrogen) atoms. The molecule has 1 spiro atoms. The number of nitrogens with one attached hydrogen (secondary N) is 1. The van der Waals surface area contributed by atoms with Crippen LogP contribution < -0.4 is 5.32 Å². The number of piperidine rings is 2. The summed E-state index contributed by atoms with van der Waals surface area (Å²) in [5.74, 6) is 0.243. The molecule has 2 aliphatic rings. The van der Waals surface area contributed by atoms with Crippen molar-refractivity contribution in [2.45, 2.75) is 45.6 Å². The molecule has 2 rings (SSSR count). The first-order valence-electron chi connectivity index (χ1n) is 7.04. The number of likely N-dealkylation sites (tertiary alicyclic amines) is 1. The Bertz CT molecular complexity index is 371. The fourth-order valence-corrected chi connectivity index (χ4v) is 2.90. The van der Waals surface area contributed by atoms with Gasteiger partial charge in [0.15, 0.2) is 5.78 Å². The summed E-state index contributed by atoms with van der Waals surface area (Å²) in [6.07, 6.45) is 2.31. The van der Waals surface area contributed by atoms with Gasteiger partial charge in [-0.25, -0.2) is 4.79 Å². The summed E-state index contributed by atoms with van der Waals surface area (Å²) < 4.78 is 5.41. The Balaban J connectivity index is 2.04. The van der Waals surface area contributed by atoms with Crippen LogP contribution in [-0.2, 0) is 9.53 Å². The van der Waals surface area contributed by atoms with Crippen LogP contribution in [0.25, 0.3) is 0 Å². The van der Waals surface area contributed by atoms with Crippen molar-refractivity contribution in [2.24, 2.45) is 5.41 Å². The summed E-state index contributed by atoms with van der Waals surface area (Å²) in [5, 5.41) is 3.10. The number of carbonyl (C=O) groups is 2. The van der Waals surface area contributed by atoms with Crippen LogP contribution in [-0.4, -0.2) is 48.6 Å². The first kappa shape index (κ1) is 14.3. The highest BCUT2D eigenvalue weighted by molar-refractivity contribution is 5.88. The Morgan fingerprint density at radius 2 is 2.11 bits per heavy atom. The average Bonchev–Trinajstić information content (AvgIpc) is 2.31. The summed E-state index contributed by atoms with van der Waals surface area (Å²) in [4.78, 5) is 26.0. The molecule has 5 nitrogen and oxygen atoms in total. The molecule has 0 aromatic rings. The zero-order valence-electron chi connectivity index (χ0n) is 12.1. The quantitative estimate of drug-likeness (QED) is 0.724. The minimum atomic E-state index is -0.486. The van der Waals surface area contributed by atoms with E-state index in [4.69, 9.17) is 4.74 Å². The van der Waals surface area contributed by atoms with Crippen molar-refractivity contribution < 1.29 is 14.3 Å². The fraction of sp³-hybridized carbons (Fsp3) is 0.857. The van der Waals surface area contributed by atoms with E-state index < -0.39 is 5.60 Å². The Morgan fingerprint density at radius 1 is 1.37 bits per heavy atom. The summed E-state index contributed by atoms with van der Waals surface area (Å²) in [6.45, 7) is 8.08. The zero-order valence-corrected chi connectivity index (χ0v) is 12.1. The van der Waals surface area contributed by atoms with Crippen molar-refractivity contribution in [1.82, 2.24) is 10.2 Å². The van der Waals surface area contributed by atoms with Gasteiger partial charge in [0.05, 0.1) is 6.54 Å². The molecule has 0 aromatic heterocycles. The lowest BCUT2D eigenvalue weighted by Gasteiger charge is -2.44. The SMILES string of the molecule is CC(C)(C)OC(=O)N1CCCC2(CCNCC2=O)C1. The van der Waals surface area contributed by atoms with Gasteiger partial charge in [-0.2, -0.15) is 0 Å². The third kappa shape index (κ3) is 3.26. The minimum absolute atomic E-state index is 0.243. The Labute approximate surface area is 114 Å². The number of carbonyl (C=O) groups excluding carboxylic acids is 2. The van der Waals surface area contributed by atoms with Crippen LogP contribution in [0.15, 0.2) is 0 Å². The predicted molar refractivity (Wildman–Crippen MR) is 72.0 cm³/mol. The van der Waals surface area contributed by atoms with E-state index in [9.17, 15) is 9.59 Å². The van der Waals surface area contributed by atoms with Gasteiger partial charge in [0.25, 0.3) is 0 Å². The number of nitrogens with zero attached hydrogens (tertiary/aromatic N) is 1. The Hall–Kier alpha value is -1.10.